The zero-order valence-corrected chi connectivity index (χ0v) is 13.4. The van der Waals surface area contributed by atoms with Crippen LogP contribution in [0.2, 0.25) is 0 Å². The fourth-order valence-corrected chi connectivity index (χ4v) is 2.54. The molecule has 18 heavy (non-hydrogen) atoms. The largest absolute Gasteiger partial charge is 0.317 e. The zero-order chi connectivity index (χ0) is 13.6. The highest BCUT2D eigenvalue weighted by molar-refractivity contribution is 4.66. The highest BCUT2D eigenvalue weighted by Crippen LogP contribution is 2.19. The lowest BCUT2D eigenvalue weighted by molar-refractivity contribution is 0.331. The topological polar surface area (TPSA) is 12.0 Å². The molecule has 1 unspecified atom stereocenters. The van der Waals surface area contributed by atoms with Crippen LogP contribution in [-0.4, -0.2) is 13.1 Å². The molecule has 0 aliphatic carbocycles. The fraction of sp³-hybridized carbons (Fsp3) is 1.00. The summed E-state index contributed by atoms with van der Waals surface area (Å²) in [6.07, 6.45) is 12.9. The van der Waals surface area contributed by atoms with Crippen LogP contribution < -0.4 is 5.32 Å². The summed E-state index contributed by atoms with van der Waals surface area (Å²) in [5.74, 6) is 1.71. The van der Waals surface area contributed by atoms with Gasteiger partial charge in [-0.2, -0.15) is 0 Å². The van der Waals surface area contributed by atoms with E-state index in [2.05, 4.69) is 33.0 Å². The molecule has 110 valence electrons. The van der Waals surface area contributed by atoms with Gasteiger partial charge < -0.3 is 5.32 Å². The monoisotopic (exact) mass is 255 g/mol. The van der Waals surface area contributed by atoms with E-state index in [0.29, 0.717) is 0 Å². The summed E-state index contributed by atoms with van der Waals surface area (Å²) in [5.41, 5.74) is 0. The molecule has 0 spiro atoms. The first-order valence-electron chi connectivity index (χ1n) is 8.43. The lowest BCUT2D eigenvalue weighted by Gasteiger charge is -2.21. The first-order chi connectivity index (χ1) is 8.72. The van der Waals surface area contributed by atoms with Crippen LogP contribution in [0.25, 0.3) is 0 Å². The molecule has 1 heteroatoms. The van der Waals surface area contributed by atoms with Crippen molar-refractivity contribution >= 4 is 0 Å². The highest BCUT2D eigenvalue weighted by Gasteiger charge is 2.11. The minimum Gasteiger partial charge on any atom is -0.317 e. The molecule has 0 bridgehead atoms. The van der Waals surface area contributed by atoms with E-state index in [1.54, 1.807) is 0 Å². The van der Waals surface area contributed by atoms with Crippen LogP contribution in [0.15, 0.2) is 0 Å². The van der Waals surface area contributed by atoms with Gasteiger partial charge in [-0.05, 0) is 31.3 Å². The van der Waals surface area contributed by atoms with Gasteiger partial charge in [0.25, 0.3) is 0 Å². The van der Waals surface area contributed by atoms with Gasteiger partial charge in [0.15, 0.2) is 0 Å². The second-order valence-corrected chi connectivity index (χ2v) is 6.08. The average Bonchev–Trinajstić information content (AvgIpc) is 2.35. The van der Waals surface area contributed by atoms with Gasteiger partial charge in [-0.25, -0.2) is 0 Å². The molecular weight excluding hydrogens is 218 g/mol. The maximum Gasteiger partial charge on any atom is -0.00182 e. The molecule has 0 aromatic rings. The SMILES string of the molecule is CCCCCCCCCCC(CNCC)C(C)C. The summed E-state index contributed by atoms with van der Waals surface area (Å²) >= 11 is 0. The van der Waals surface area contributed by atoms with Crippen molar-refractivity contribution in [1.82, 2.24) is 5.32 Å². The molecule has 0 rings (SSSR count). The molecule has 1 atom stereocenters. The van der Waals surface area contributed by atoms with Crippen molar-refractivity contribution < 1.29 is 0 Å². The van der Waals surface area contributed by atoms with Gasteiger partial charge in [-0.1, -0.05) is 79.1 Å². The third-order valence-electron chi connectivity index (χ3n) is 4.03. The van der Waals surface area contributed by atoms with Crippen LogP contribution in [0.5, 0.6) is 0 Å². The van der Waals surface area contributed by atoms with Crippen molar-refractivity contribution in [2.24, 2.45) is 11.8 Å². The number of hydrogen-bond donors (Lipinski definition) is 1. The summed E-state index contributed by atoms with van der Waals surface area (Å²) in [6, 6.07) is 0. The lowest BCUT2D eigenvalue weighted by atomic mass is 9.90. The van der Waals surface area contributed by atoms with E-state index in [-0.39, 0.29) is 0 Å². The second-order valence-electron chi connectivity index (χ2n) is 6.08. The molecule has 0 saturated carbocycles. The van der Waals surface area contributed by atoms with Crippen LogP contribution in [0.1, 0.15) is 85.5 Å². The Balaban J connectivity index is 3.37. The standard InChI is InChI=1S/C17H37N/c1-5-7-8-9-10-11-12-13-14-17(16(3)4)15-18-6-2/h16-18H,5-15H2,1-4H3. The predicted molar refractivity (Wildman–Crippen MR) is 84.1 cm³/mol. The van der Waals surface area contributed by atoms with E-state index in [1.807, 2.05) is 0 Å². The molecular formula is C17H37N. The van der Waals surface area contributed by atoms with Gasteiger partial charge in [0.2, 0.25) is 0 Å². The molecule has 0 heterocycles. The van der Waals surface area contributed by atoms with Crippen LogP contribution >= 0.6 is 0 Å². The summed E-state index contributed by atoms with van der Waals surface area (Å²) in [5, 5.41) is 3.50. The molecule has 1 N–H and O–H groups in total. The Morgan fingerprint density at radius 1 is 0.778 bits per heavy atom. The molecule has 0 aliphatic heterocycles. The number of unbranched alkanes of at least 4 members (excludes halogenated alkanes) is 7. The average molecular weight is 255 g/mol. The summed E-state index contributed by atoms with van der Waals surface area (Å²) in [6.45, 7) is 11.6. The number of nitrogens with one attached hydrogen (secondary N) is 1. The van der Waals surface area contributed by atoms with Gasteiger partial charge in [-0.3, -0.25) is 0 Å². The third-order valence-corrected chi connectivity index (χ3v) is 4.03. The Morgan fingerprint density at radius 3 is 1.83 bits per heavy atom. The maximum atomic E-state index is 3.50. The van der Waals surface area contributed by atoms with Crippen LogP contribution in [0.4, 0.5) is 0 Å². The van der Waals surface area contributed by atoms with Crippen LogP contribution in [-0.2, 0) is 0 Å². The first-order valence-corrected chi connectivity index (χ1v) is 8.43. The number of rotatable bonds is 13. The Kier molecular flexibility index (Phi) is 13.4. The lowest BCUT2D eigenvalue weighted by Crippen LogP contribution is -2.26. The van der Waals surface area contributed by atoms with Crippen molar-refractivity contribution in [3.05, 3.63) is 0 Å². The minimum atomic E-state index is 0.827. The molecule has 1 nitrogen and oxygen atoms in total. The van der Waals surface area contributed by atoms with E-state index in [0.717, 1.165) is 18.4 Å². The first kappa shape index (κ1) is 18.0. The molecule has 0 saturated heterocycles. The summed E-state index contributed by atoms with van der Waals surface area (Å²) < 4.78 is 0. The Morgan fingerprint density at radius 2 is 1.33 bits per heavy atom. The van der Waals surface area contributed by atoms with Crippen molar-refractivity contribution in [1.29, 1.82) is 0 Å². The second kappa shape index (κ2) is 13.4. The molecule has 0 aliphatic rings. The predicted octanol–water partition coefficient (Wildman–Crippen LogP) is 5.40. The Bertz CT molecular complexity index is 154. The minimum absolute atomic E-state index is 0.827. The van der Waals surface area contributed by atoms with E-state index < -0.39 is 0 Å². The van der Waals surface area contributed by atoms with Crippen molar-refractivity contribution in [2.45, 2.75) is 85.5 Å². The zero-order valence-electron chi connectivity index (χ0n) is 13.4. The number of hydrogen-bond acceptors (Lipinski definition) is 1. The molecule has 0 amide bonds. The van der Waals surface area contributed by atoms with E-state index in [1.165, 1.54) is 64.3 Å². The maximum absolute atomic E-state index is 3.50. The third kappa shape index (κ3) is 11.1. The van der Waals surface area contributed by atoms with Crippen molar-refractivity contribution in [3.63, 3.8) is 0 Å². The van der Waals surface area contributed by atoms with Gasteiger partial charge in [0, 0.05) is 0 Å². The highest BCUT2D eigenvalue weighted by atomic mass is 14.8. The van der Waals surface area contributed by atoms with Gasteiger partial charge >= 0.3 is 0 Å². The summed E-state index contributed by atoms with van der Waals surface area (Å²) in [4.78, 5) is 0. The van der Waals surface area contributed by atoms with Gasteiger partial charge in [-0.15, -0.1) is 0 Å². The van der Waals surface area contributed by atoms with E-state index >= 15 is 0 Å². The normalized spacial score (nSPS) is 13.2. The summed E-state index contributed by atoms with van der Waals surface area (Å²) in [7, 11) is 0. The molecule has 0 fully saturated rings. The molecule has 0 radical (unpaired) electrons. The van der Waals surface area contributed by atoms with Gasteiger partial charge in [0.1, 0.15) is 0 Å². The van der Waals surface area contributed by atoms with E-state index in [9.17, 15) is 0 Å². The van der Waals surface area contributed by atoms with Crippen LogP contribution in [0.3, 0.4) is 0 Å². The Hall–Kier alpha value is -0.0400. The molecule has 0 aromatic carbocycles. The fourth-order valence-electron chi connectivity index (χ4n) is 2.54. The smallest absolute Gasteiger partial charge is 0.00182 e. The van der Waals surface area contributed by atoms with Gasteiger partial charge in [0.05, 0.1) is 0 Å². The van der Waals surface area contributed by atoms with Crippen molar-refractivity contribution in [2.75, 3.05) is 13.1 Å². The Labute approximate surface area is 116 Å². The quantitative estimate of drug-likeness (QED) is 0.435. The van der Waals surface area contributed by atoms with E-state index in [4.69, 9.17) is 0 Å². The van der Waals surface area contributed by atoms with Crippen molar-refractivity contribution in [3.8, 4) is 0 Å². The van der Waals surface area contributed by atoms with Crippen LogP contribution in [0, 0.1) is 11.8 Å². The molecule has 0 aromatic heterocycles.